The molecule has 174 valence electrons. The normalized spacial score (nSPS) is 14.8. The number of hydrogen-bond acceptors (Lipinski definition) is 8. The van der Waals surface area contributed by atoms with Crippen molar-refractivity contribution < 1.29 is 19.0 Å². The van der Waals surface area contributed by atoms with Crippen LogP contribution in [0.1, 0.15) is 12.8 Å². The number of nitrogens with one attached hydrogen (secondary N) is 1. The second kappa shape index (κ2) is 10.8. The van der Waals surface area contributed by atoms with E-state index >= 15 is 0 Å². The van der Waals surface area contributed by atoms with Crippen molar-refractivity contribution in [2.75, 3.05) is 45.8 Å². The van der Waals surface area contributed by atoms with Crippen LogP contribution in [0.5, 0.6) is 11.5 Å². The summed E-state index contributed by atoms with van der Waals surface area (Å²) >= 11 is 3.50. The zero-order valence-corrected chi connectivity index (χ0v) is 20.3. The average molecular weight is 515 g/mol. The topological polar surface area (TPSA) is 85.8 Å². The summed E-state index contributed by atoms with van der Waals surface area (Å²) < 4.78 is 17.5. The summed E-state index contributed by atoms with van der Waals surface area (Å²) in [7, 11) is 3.05. The van der Waals surface area contributed by atoms with E-state index in [4.69, 9.17) is 14.2 Å². The van der Waals surface area contributed by atoms with Crippen molar-refractivity contribution in [2.45, 2.75) is 12.8 Å². The van der Waals surface area contributed by atoms with E-state index in [1.807, 2.05) is 36.4 Å². The van der Waals surface area contributed by atoms with E-state index in [2.05, 4.69) is 36.1 Å². The fourth-order valence-electron chi connectivity index (χ4n) is 3.90. The van der Waals surface area contributed by atoms with Crippen LogP contribution in [0.2, 0.25) is 0 Å². The first-order valence-electron chi connectivity index (χ1n) is 10.8. The number of aromatic nitrogens is 2. The van der Waals surface area contributed by atoms with Crippen LogP contribution in [0.4, 0.5) is 11.5 Å². The summed E-state index contributed by atoms with van der Waals surface area (Å²) in [6.45, 7) is 2.63. The smallest absolute Gasteiger partial charge is 0.319 e. The molecule has 1 saturated heterocycles. The summed E-state index contributed by atoms with van der Waals surface area (Å²) in [4.78, 5) is 22.5. The van der Waals surface area contributed by atoms with E-state index < -0.39 is 0 Å². The number of esters is 1. The van der Waals surface area contributed by atoms with Gasteiger partial charge in [0.1, 0.15) is 12.1 Å². The number of piperidine rings is 1. The van der Waals surface area contributed by atoms with E-state index in [-0.39, 0.29) is 5.97 Å². The number of rotatable bonds is 8. The Bertz CT molecular complexity index is 1120. The molecule has 1 fully saturated rings. The largest absolute Gasteiger partial charge is 0.493 e. The van der Waals surface area contributed by atoms with E-state index in [1.165, 1.54) is 13.4 Å². The molecule has 1 aliphatic rings. The highest BCUT2D eigenvalue weighted by Crippen LogP contribution is 2.35. The molecule has 0 atom stereocenters. The van der Waals surface area contributed by atoms with Crippen molar-refractivity contribution in [3.63, 3.8) is 0 Å². The van der Waals surface area contributed by atoms with Gasteiger partial charge in [0.05, 0.1) is 32.9 Å². The highest BCUT2D eigenvalue weighted by molar-refractivity contribution is 9.10. The molecule has 4 rings (SSSR count). The minimum absolute atomic E-state index is 0.194. The first-order chi connectivity index (χ1) is 16.1. The number of benzene rings is 2. The molecule has 0 spiro atoms. The standard InChI is InChI=1S/C24H27BrN4O4/c1-31-21-12-20-19(24(27-15-26-20)28-18-5-3-4-17(25)10-18)11-22(21)33-14-16-6-8-29(9-7-16)13-23(30)32-2/h3-5,10-12,15-16H,6-9,13-14H2,1-2H3,(H,26,27,28). The first kappa shape index (κ1) is 23.3. The highest BCUT2D eigenvalue weighted by Gasteiger charge is 2.22. The number of hydrogen-bond donors (Lipinski definition) is 1. The monoisotopic (exact) mass is 514 g/mol. The summed E-state index contributed by atoms with van der Waals surface area (Å²) in [5, 5.41) is 4.21. The van der Waals surface area contributed by atoms with Gasteiger partial charge in [0.2, 0.25) is 0 Å². The molecular formula is C24H27BrN4O4. The van der Waals surface area contributed by atoms with E-state index in [1.54, 1.807) is 7.11 Å². The molecule has 2 aromatic carbocycles. The number of likely N-dealkylation sites (tertiary alicyclic amines) is 1. The summed E-state index contributed by atoms with van der Waals surface area (Å²) in [6, 6.07) is 11.7. The Labute approximate surface area is 201 Å². The van der Waals surface area contributed by atoms with Gasteiger partial charge in [-0.3, -0.25) is 9.69 Å². The van der Waals surface area contributed by atoms with Crippen LogP contribution in [-0.4, -0.2) is 61.3 Å². The fraction of sp³-hybridized carbons (Fsp3) is 0.375. The Morgan fingerprint density at radius 1 is 1.15 bits per heavy atom. The van der Waals surface area contributed by atoms with Crippen LogP contribution in [0.3, 0.4) is 0 Å². The molecule has 1 N–H and O–H groups in total. The number of anilines is 2. The first-order valence-corrected chi connectivity index (χ1v) is 11.6. The van der Waals surface area contributed by atoms with Gasteiger partial charge < -0.3 is 19.5 Å². The second-order valence-corrected chi connectivity index (χ2v) is 8.90. The molecule has 8 nitrogen and oxygen atoms in total. The summed E-state index contributed by atoms with van der Waals surface area (Å²) in [5.41, 5.74) is 1.68. The fourth-order valence-corrected chi connectivity index (χ4v) is 4.30. The predicted molar refractivity (Wildman–Crippen MR) is 130 cm³/mol. The molecular weight excluding hydrogens is 488 g/mol. The van der Waals surface area contributed by atoms with Crippen molar-refractivity contribution in [1.82, 2.24) is 14.9 Å². The molecule has 1 aromatic heterocycles. The van der Waals surface area contributed by atoms with Gasteiger partial charge in [0.25, 0.3) is 0 Å². The van der Waals surface area contributed by atoms with Crippen LogP contribution in [-0.2, 0) is 9.53 Å². The van der Waals surface area contributed by atoms with Crippen LogP contribution in [0.15, 0.2) is 47.2 Å². The number of halogens is 1. The lowest BCUT2D eigenvalue weighted by molar-refractivity contribution is -0.142. The van der Waals surface area contributed by atoms with Gasteiger partial charge in [-0.2, -0.15) is 0 Å². The molecule has 3 aromatic rings. The second-order valence-electron chi connectivity index (χ2n) is 7.98. The molecule has 1 aliphatic heterocycles. The summed E-state index contributed by atoms with van der Waals surface area (Å²) in [5.74, 6) is 2.21. The molecule has 0 radical (unpaired) electrons. The molecule has 0 amide bonds. The zero-order chi connectivity index (χ0) is 23.2. The van der Waals surface area contributed by atoms with Gasteiger partial charge in [-0.15, -0.1) is 0 Å². The number of carbonyl (C=O) groups is 1. The number of fused-ring (bicyclic) bond motifs is 1. The molecule has 0 bridgehead atoms. The van der Waals surface area contributed by atoms with Gasteiger partial charge in [-0.05, 0) is 56.1 Å². The van der Waals surface area contributed by atoms with E-state index in [0.717, 1.165) is 47.0 Å². The van der Waals surface area contributed by atoms with Crippen LogP contribution in [0.25, 0.3) is 10.9 Å². The molecule has 9 heteroatoms. The van der Waals surface area contributed by atoms with Crippen molar-refractivity contribution in [3.8, 4) is 11.5 Å². The third-order valence-corrected chi connectivity index (χ3v) is 6.26. The summed E-state index contributed by atoms with van der Waals surface area (Å²) in [6.07, 6.45) is 3.46. The SMILES string of the molecule is COC(=O)CN1CCC(COc2cc3c(Nc4cccc(Br)c4)ncnc3cc2OC)CC1. The Balaban J connectivity index is 1.47. The zero-order valence-electron chi connectivity index (χ0n) is 18.7. The average Bonchev–Trinajstić information content (AvgIpc) is 2.83. The third-order valence-electron chi connectivity index (χ3n) is 5.77. The molecule has 0 aliphatic carbocycles. The van der Waals surface area contributed by atoms with Crippen molar-refractivity contribution in [1.29, 1.82) is 0 Å². The molecule has 0 saturated carbocycles. The number of nitrogens with zero attached hydrogens (tertiary/aromatic N) is 3. The maximum atomic E-state index is 11.5. The van der Waals surface area contributed by atoms with Gasteiger partial charge in [-0.25, -0.2) is 9.97 Å². The Hall–Kier alpha value is -2.91. The van der Waals surface area contributed by atoms with Crippen LogP contribution < -0.4 is 14.8 Å². The van der Waals surface area contributed by atoms with Gasteiger partial charge in [-0.1, -0.05) is 22.0 Å². The van der Waals surface area contributed by atoms with Crippen LogP contribution >= 0.6 is 15.9 Å². The quantitative estimate of drug-likeness (QED) is 0.442. The minimum atomic E-state index is -0.194. The maximum Gasteiger partial charge on any atom is 0.319 e. The van der Waals surface area contributed by atoms with Crippen molar-refractivity contribution >= 4 is 44.3 Å². The lowest BCUT2D eigenvalue weighted by Gasteiger charge is -2.31. The van der Waals surface area contributed by atoms with Crippen LogP contribution in [0, 0.1) is 5.92 Å². The van der Waals surface area contributed by atoms with Gasteiger partial charge in [0, 0.05) is 21.6 Å². The van der Waals surface area contributed by atoms with E-state index in [0.29, 0.717) is 36.4 Å². The van der Waals surface area contributed by atoms with Gasteiger partial charge >= 0.3 is 5.97 Å². The predicted octanol–water partition coefficient (Wildman–Crippen LogP) is 4.41. The highest BCUT2D eigenvalue weighted by atomic mass is 79.9. The number of ether oxygens (including phenoxy) is 3. The molecule has 0 unspecified atom stereocenters. The van der Waals surface area contributed by atoms with Gasteiger partial charge in [0.15, 0.2) is 11.5 Å². The third kappa shape index (κ3) is 5.91. The maximum absolute atomic E-state index is 11.5. The number of methoxy groups -OCH3 is 2. The lowest BCUT2D eigenvalue weighted by Crippen LogP contribution is -2.39. The minimum Gasteiger partial charge on any atom is -0.493 e. The number of carbonyl (C=O) groups excluding carboxylic acids is 1. The Kier molecular flexibility index (Phi) is 7.61. The Morgan fingerprint density at radius 3 is 2.70 bits per heavy atom. The molecule has 33 heavy (non-hydrogen) atoms. The van der Waals surface area contributed by atoms with E-state index in [9.17, 15) is 4.79 Å². The lowest BCUT2D eigenvalue weighted by atomic mass is 9.98. The van der Waals surface area contributed by atoms with Crippen molar-refractivity contribution in [2.24, 2.45) is 5.92 Å². The Morgan fingerprint density at radius 2 is 1.97 bits per heavy atom. The van der Waals surface area contributed by atoms with Crippen molar-refractivity contribution in [3.05, 3.63) is 47.2 Å². The molecule has 2 heterocycles.